The summed E-state index contributed by atoms with van der Waals surface area (Å²) in [6, 6.07) is 0. The zero-order valence-corrected chi connectivity index (χ0v) is 9.08. The van der Waals surface area contributed by atoms with Crippen LogP contribution in [0.3, 0.4) is 0 Å². The summed E-state index contributed by atoms with van der Waals surface area (Å²) in [5.74, 6) is 0. The normalized spacial score (nSPS) is 9.00. The lowest BCUT2D eigenvalue weighted by Gasteiger charge is -1.95. The van der Waals surface area contributed by atoms with Crippen LogP contribution in [0.1, 0.15) is 13.8 Å². The van der Waals surface area contributed by atoms with Gasteiger partial charge < -0.3 is 0 Å². The van der Waals surface area contributed by atoms with Crippen LogP contribution in [0.4, 0.5) is 0 Å². The van der Waals surface area contributed by atoms with Crippen molar-refractivity contribution >= 4 is 24.4 Å². The molecule has 3 heteroatoms. The molecule has 0 heterocycles. The molecule has 0 radical (unpaired) electrons. The third-order valence-electron chi connectivity index (χ3n) is 0.709. The molecule has 0 N–H and O–H groups in total. The SMILES string of the molecule is C=C/C=C(/SC#N)C(=C)S.CC. The Hall–Kier alpha value is -0.590. The molecule has 0 aliphatic carbocycles. The van der Waals surface area contributed by atoms with Crippen LogP contribution in [-0.4, -0.2) is 0 Å². The molecular formula is C9H13NS2. The van der Waals surface area contributed by atoms with E-state index < -0.39 is 0 Å². The van der Waals surface area contributed by atoms with Crippen molar-refractivity contribution in [3.05, 3.63) is 35.1 Å². The van der Waals surface area contributed by atoms with E-state index in [9.17, 15) is 0 Å². The third-order valence-corrected chi connectivity index (χ3v) is 1.80. The number of allylic oxidation sites excluding steroid dienone is 2. The molecule has 0 spiro atoms. The molecule has 0 rings (SSSR count). The van der Waals surface area contributed by atoms with Crippen molar-refractivity contribution in [1.29, 1.82) is 5.26 Å². The van der Waals surface area contributed by atoms with Crippen molar-refractivity contribution in [2.75, 3.05) is 0 Å². The van der Waals surface area contributed by atoms with E-state index in [1.165, 1.54) is 0 Å². The Morgan fingerprint density at radius 1 is 1.58 bits per heavy atom. The topological polar surface area (TPSA) is 23.8 Å². The fourth-order valence-electron chi connectivity index (χ4n) is 0.345. The number of nitrogens with zero attached hydrogens (tertiary/aromatic N) is 1. The monoisotopic (exact) mass is 199 g/mol. The third kappa shape index (κ3) is 7.52. The molecule has 0 aliphatic rings. The second-order valence-electron chi connectivity index (χ2n) is 1.41. The minimum Gasteiger partial charge on any atom is -0.185 e. The highest BCUT2D eigenvalue weighted by molar-refractivity contribution is 8.08. The van der Waals surface area contributed by atoms with Gasteiger partial charge in [0.1, 0.15) is 5.40 Å². The summed E-state index contributed by atoms with van der Waals surface area (Å²) < 4.78 is 0. The van der Waals surface area contributed by atoms with E-state index >= 15 is 0 Å². The number of thioether (sulfide) groups is 1. The largest absolute Gasteiger partial charge is 0.185 e. The number of rotatable bonds is 3. The van der Waals surface area contributed by atoms with Crippen molar-refractivity contribution in [1.82, 2.24) is 0 Å². The summed E-state index contributed by atoms with van der Waals surface area (Å²) in [5, 5.41) is 10.2. The van der Waals surface area contributed by atoms with E-state index in [0.717, 1.165) is 16.7 Å². The molecule has 0 aliphatic heterocycles. The van der Waals surface area contributed by atoms with Crippen LogP contribution in [0.25, 0.3) is 0 Å². The van der Waals surface area contributed by atoms with Crippen molar-refractivity contribution < 1.29 is 0 Å². The Morgan fingerprint density at radius 2 is 2.08 bits per heavy atom. The molecular weight excluding hydrogens is 186 g/mol. The molecule has 1 nitrogen and oxygen atoms in total. The van der Waals surface area contributed by atoms with Crippen LogP contribution in [-0.2, 0) is 0 Å². The summed E-state index contributed by atoms with van der Waals surface area (Å²) in [6.45, 7) is 11.1. The van der Waals surface area contributed by atoms with Gasteiger partial charge in [0.05, 0.1) is 0 Å². The van der Waals surface area contributed by atoms with Crippen LogP contribution >= 0.6 is 24.4 Å². The van der Waals surface area contributed by atoms with E-state index in [-0.39, 0.29) is 0 Å². The van der Waals surface area contributed by atoms with Crippen LogP contribution in [0, 0.1) is 10.7 Å². The fraction of sp³-hybridized carbons (Fsp3) is 0.222. The van der Waals surface area contributed by atoms with Gasteiger partial charge in [-0.3, -0.25) is 0 Å². The lowest BCUT2D eigenvalue weighted by Crippen LogP contribution is -1.70. The van der Waals surface area contributed by atoms with Gasteiger partial charge in [-0.2, -0.15) is 5.26 Å². The molecule has 0 amide bonds. The van der Waals surface area contributed by atoms with Crippen LogP contribution in [0.5, 0.6) is 0 Å². The standard InChI is InChI=1S/C7H7NS2.C2H6/c1-3-4-7(6(2)9)10-5-8;1-2/h3-4,9H,1-2H2;1-2H3/b7-4+;. The van der Waals surface area contributed by atoms with Gasteiger partial charge in [0, 0.05) is 9.81 Å². The van der Waals surface area contributed by atoms with Crippen molar-refractivity contribution in [3.8, 4) is 5.40 Å². The predicted octanol–water partition coefficient (Wildman–Crippen LogP) is 3.74. The minimum atomic E-state index is 0.589. The summed E-state index contributed by atoms with van der Waals surface area (Å²) in [6.07, 6.45) is 3.30. The number of nitriles is 1. The molecule has 0 fully saturated rings. The van der Waals surface area contributed by atoms with Gasteiger partial charge in [-0.15, -0.1) is 12.6 Å². The molecule has 0 bridgehead atoms. The molecule has 0 saturated heterocycles. The number of hydrogen-bond donors (Lipinski definition) is 1. The summed E-state index contributed by atoms with van der Waals surface area (Å²) >= 11 is 5.01. The van der Waals surface area contributed by atoms with Crippen LogP contribution < -0.4 is 0 Å². The first-order valence-corrected chi connectivity index (χ1v) is 4.75. The highest BCUT2D eigenvalue weighted by Crippen LogP contribution is 2.23. The molecule has 66 valence electrons. The molecule has 0 saturated carbocycles. The quantitative estimate of drug-likeness (QED) is 0.425. The molecule has 0 atom stereocenters. The van der Waals surface area contributed by atoms with Crippen molar-refractivity contribution in [3.63, 3.8) is 0 Å². The minimum absolute atomic E-state index is 0.589. The maximum atomic E-state index is 8.27. The van der Waals surface area contributed by atoms with Gasteiger partial charge in [0.25, 0.3) is 0 Å². The lowest BCUT2D eigenvalue weighted by molar-refractivity contribution is 1.50. The second kappa shape index (κ2) is 10.4. The maximum Gasteiger partial charge on any atom is 0.138 e. The van der Waals surface area contributed by atoms with E-state index in [1.807, 2.05) is 19.2 Å². The first kappa shape index (κ1) is 14.0. The maximum absolute atomic E-state index is 8.27. The van der Waals surface area contributed by atoms with E-state index in [4.69, 9.17) is 5.26 Å². The van der Waals surface area contributed by atoms with Gasteiger partial charge in [-0.05, 0) is 17.8 Å². The Labute approximate surface area is 84.3 Å². The Balaban J connectivity index is 0. The first-order valence-electron chi connectivity index (χ1n) is 3.49. The first-order chi connectivity index (χ1) is 5.72. The van der Waals surface area contributed by atoms with Gasteiger partial charge in [-0.25, -0.2) is 0 Å². The Bertz CT molecular complexity index is 211. The van der Waals surface area contributed by atoms with Crippen LogP contribution in [0.2, 0.25) is 0 Å². The molecule has 0 aromatic carbocycles. The number of hydrogen-bond acceptors (Lipinski definition) is 3. The average Bonchev–Trinajstić information content (AvgIpc) is 2.08. The summed E-state index contributed by atoms with van der Waals surface area (Å²) in [4.78, 5) is 1.33. The van der Waals surface area contributed by atoms with Gasteiger partial charge in [-0.1, -0.05) is 33.1 Å². The Morgan fingerprint density at radius 3 is 2.33 bits per heavy atom. The highest BCUT2D eigenvalue weighted by Gasteiger charge is 1.95. The van der Waals surface area contributed by atoms with E-state index in [2.05, 4.69) is 25.8 Å². The molecule has 12 heavy (non-hydrogen) atoms. The zero-order chi connectivity index (χ0) is 9.98. The van der Waals surface area contributed by atoms with Crippen molar-refractivity contribution in [2.45, 2.75) is 13.8 Å². The molecule has 0 unspecified atom stereocenters. The molecule has 0 aromatic heterocycles. The lowest BCUT2D eigenvalue weighted by atomic mass is 10.5. The zero-order valence-electron chi connectivity index (χ0n) is 7.37. The fourth-order valence-corrected chi connectivity index (χ4v) is 0.937. The van der Waals surface area contributed by atoms with Gasteiger partial charge >= 0.3 is 0 Å². The van der Waals surface area contributed by atoms with Crippen molar-refractivity contribution in [2.24, 2.45) is 0 Å². The second-order valence-corrected chi connectivity index (χ2v) is 2.77. The smallest absolute Gasteiger partial charge is 0.138 e. The molecule has 0 aromatic rings. The van der Waals surface area contributed by atoms with Crippen LogP contribution in [0.15, 0.2) is 35.1 Å². The van der Waals surface area contributed by atoms with E-state index in [0.29, 0.717) is 4.91 Å². The predicted molar refractivity (Wildman–Crippen MR) is 61.0 cm³/mol. The number of thiol groups is 1. The van der Waals surface area contributed by atoms with Gasteiger partial charge in [0.2, 0.25) is 0 Å². The summed E-state index contributed by atoms with van der Waals surface area (Å²) in [7, 11) is 0. The average molecular weight is 199 g/mol. The van der Waals surface area contributed by atoms with Gasteiger partial charge in [0.15, 0.2) is 0 Å². The summed E-state index contributed by atoms with van der Waals surface area (Å²) in [5.41, 5.74) is 0. The Kier molecular flexibility index (Phi) is 12.1. The van der Waals surface area contributed by atoms with E-state index in [1.54, 1.807) is 12.2 Å². The number of thiocyanates is 1. The highest BCUT2D eigenvalue weighted by atomic mass is 32.2.